The van der Waals surface area contributed by atoms with Gasteiger partial charge in [-0.2, -0.15) is 5.10 Å². The number of nitrogens with one attached hydrogen (secondary N) is 1. The highest BCUT2D eigenvalue weighted by atomic mass is 16.2. The molecule has 0 spiro atoms. The molecule has 1 saturated carbocycles. The van der Waals surface area contributed by atoms with Crippen molar-refractivity contribution in [1.82, 2.24) is 14.7 Å². The topological polar surface area (TPSA) is 67.2 Å². The Labute approximate surface area is 173 Å². The van der Waals surface area contributed by atoms with E-state index in [1.54, 1.807) is 9.58 Å². The molecule has 0 saturated heterocycles. The summed E-state index contributed by atoms with van der Waals surface area (Å²) < 4.78 is 1.79. The Morgan fingerprint density at radius 1 is 1.24 bits per heavy atom. The molecule has 2 amide bonds. The lowest BCUT2D eigenvalue weighted by atomic mass is 9.92. The van der Waals surface area contributed by atoms with E-state index in [1.807, 2.05) is 51.1 Å². The Bertz CT molecular complexity index is 904. The first-order valence-corrected chi connectivity index (χ1v) is 10.3. The minimum absolute atomic E-state index is 0.0136. The number of rotatable bonds is 6. The highest BCUT2D eigenvalue weighted by Crippen LogP contribution is 2.32. The molecule has 1 N–H and O–H groups in total. The number of anilines is 1. The first-order valence-electron chi connectivity index (χ1n) is 10.3. The van der Waals surface area contributed by atoms with Crippen LogP contribution in [0.4, 0.5) is 5.82 Å². The van der Waals surface area contributed by atoms with E-state index < -0.39 is 0 Å². The van der Waals surface area contributed by atoms with Crippen LogP contribution in [0.1, 0.15) is 58.7 Å². The first kappa shape index (κ1) is 21.1. The van der Waals surface area contributed by atoms with Crippen molar-refractivity contribution in [2.75, 3.05) is 11.9 Å². The molecule has 1 fully saturated rings. The number of benzene rings is 1. The van der Waals surface area contributed by atoms with Crippen LogP contribution >= 0.6 is 0 Å². The molecule has 1 aliphatic carbocycles. The van der Waals surface area contributed by atoms with Crippen molar-refractivity contribution >= 4 is 17.6 Å². The largest absolute Gasteiger partial charge is 0.331 e. The standard InChI is InChI=1S/C23H32N4O2/c1-15(2)26(22(29)17-11-12-17)14-21(28)24-20-13-19(23(4,5)6)25-27(20)18-10-8-7-9-16(18)3/h7-10,13,15,17H,11-12,14H2,1-6H3,(H,24,28). The van der Waals surface area contributed by atoms with Crippen LogP contribution in [0.15, 0.2) is 30.3 Å². The second kappa shape index (κ2) is 8.01. The Hall–Kier alpha value is -2.63. The summed E-state index contributed by atoms with van der Waals surface area (Å²) in [5.74, 6) is 0.591. The number of amides is 2. The Morgan fingerprint density at radius 2 is 1.90 bits per heavy atom. The van der Waals surface area contributed by atoms with E-state index >= 15 is 0 Å². The Balaban J connectivity index is 1.87. The van der Waals surface area contributed by atoms with Crippen molar-refractivity contribution < 1.29 is 9.59 Å². The van der Waals surface area contributed by atoms with Crippen molar-refractivity contribution in [3.8, 4) is 5.69 Å². The lowest BCUT2D eigenvalue weighted by Crippen LogP contribution is -2.43. The average Bonchev–Trinajstić information content (AvgIpc) is 3.39. The van der Waals surface area contributed by atoms with E-state index in [0.717, 1.165) is 29.8 Å². The summed E-state index contributed by atoms with van der Waals surface area (Å²) in [7, 11) is 0. The summed E-state index contributed by atoms with van der Waals surface area (Å²) >= 11 is 0. The van der Waals surface area contributed by atoms with Gasteiger partial charge in [-0.3, -0.25) is 9.59 Å². The number of nitrogens with zero attached hydrogens (tertiary/aromatic N) is 3. The molecule has 1 heterocycles. The molecule has 1 aromatic heterocycles. The molecule has 0 aliphatic heterocycles. The van der Waals surface area contributed by atoms with E-state index in [1.165, 1.54) is 0 Å². The number of carbonyl (C=O) groups excluding carboxylic acids is 2. The van der Waals surface area contributed by atoms with E-state index in [0.29, 0.717) is 5.82 Å². The van der Waals surface area contributed by atoms with Crippen LogP contribution in [0.5, 0.6) is 0 Å². The zero-order chi connectivity index (χ0) is 21.3. The fraction of sp³-hybridized carbons (Fsp3) is 0.522. The molecular weight excluding hydrogens is 364 g/mol. The lowest BCUT2D eigenvalue weighted by Gasteiger charge is -2.26. The number of para-hydroxylation sites is 1. The normalized spacial score (nSPS) is 14.2. The monoisotopic (exact) mass is 396 g/mol. The minimum Gasteiger partial charge on any atom is -0.331 e. The fourth-order valence-corrected chi connectivity index (χ4v) is 3.24. The van der Waals surface area contributed by atoms with Crippen molar-refractivity contribution in [3.63, 3.8) is 0 Å². The Kier molecular flexibility index (Phi) is 5.82. The van der Waals surface area contributed by atoms with E-state index in [2.05, 4.69) is 26.1 Å². The van der Waals surface area contributed by atoms with Crippen LogP contribution < -0.4 is 5.32 Å². The number of aromatic nitrogens is 2. The molecule has 0 bridgehead atoms. The quantitative estimate of drug-likeness (QED) is 0.800. The van der Waals surface area contributed by atoms with Gasteiger partial charge in [-0.1, -0.05) is 39.0 Å². The third kappa shape index (κ3) is 4.86. The molecule has 3 rings (SSSR count). The number of hydrogen-bond acceptors (Lipinski definition) is 3. The fourth-order valence-electron chi connectivity index (χ4n) is 3.24. The molecule has 0 radical (unpaired) electrons. The van der Waals surface area contributed by atoms with E-state index in [-0.39, 0.29) is 35.7 Å². The summed E-state index contributed by atoms with van der Waals surface area (Å²) in [6, 6.07) is 9.86. The highest BCUT2D eigenvalue weighted by Gasteiger charge is 2.35. The first-order chi connectivity index (χ1) is 13.6. The van der Waals surface area contributed by atoms with Gasteiger partial charge in [0.1, 0.15) is 12.4 Å². The molecule has 2 aromatic rings. The van der Waals surface area contributed by atoms with E-state index in [9.17, 15) is 9.59 Å². The van der Waals surface area contributed by atoms with Gasteiger partial charge in [0.2, 0.25) is 11.8 Å². The van der Waals surface area contributed by atoms with Gasteiger partial charge in [0, 0.05) is 23.4 Å². The summed E-state index contributed by atoms with van der Waals surface area (Å²) in [5.41, 5.74) is 2.73. The third-order valence-electron chi connectivity index (χ3n) is 5.24. The zero-order valence-corrected chi connectivity index (χ0v) is 18.3. The van der Waals surface area contributed by atoms with Crippen LogP contribution in [0.2, 0.25) is 0 Å². The molecule has 6 nitrogen and oxygen atoms in total. The van der Waals surface area contributed by atoms with Crippen LogP contribution in [0, 0.1) is 12.8 Å². The van der Waals surface area contributed by atoms with Crippen molar-refractivity contribution in [1.29, 1.82) is 0 Å². The summed E-state index contributed by atoms with van der Waals surface area (Å²) in [6.07, 6.45) is 1.86. The molecule has 1 aromatic carbocycles. The van der Waals surface area contributed by atoms with E-state index in [4.69, 9.17) is 5.10 Å². The zero-order valence-electron chi connectivity index (χ0n) is 18.3. The third-order valence-corrected chi connectivity index (χ3v) is 5.24. The van der Waals surface area contributed by atoms with Gasteiger partial charge in [-0.05, 0) is 45.2 Å². The molecule has 156 valence electrons. The SMILES string of the molecule is Cc1ccccc1-n1nc(C(C)(C)C)cc1NC(=O)CN(C(=O)C1CC1)C(C)C. The van der Waals surface area contributed by atoms with Gasteiger partial charge in [0.25, 0.3) is 0 Å². The predicted octanol–water partition coefficient (Wildman–Crippen LogP) is 4.06. The smallest absolute Gasteiger partial charge is 0.245 e. The lowest BCUT2D eigenvalue weighted by molar-refractivity contribution is -0.137. The van der Waals surface area contributed by atoms with Gasteiger partial charge in [0.05, 0.1) is 11.4 Å². The average molecular weight is 397 g/mol. The van der Waals surface area contributed by atoms with Gasteiger partial charge in [-0.25, -0.2) is 4.68 Å². The second-order valence-electron chi connectivity index (χ2n) is 9.25. The molecule has 29 heavy (non-hydrogen) atoms. The molecular formula is C23H32N4O2. The number of hydrogen-bond donors (Lipinski definition) is 1. The molecule has 6 heteroatoms. The highest BCUT2D eigenvalue weighted by molar-refractivity contribution is 5.95. The maximum Gasteiger partial charge on any atom is 0.245 e. The summed E-state index contributed by atoms with van der Waals surface area (Å²) in [6.45, 7) is 12.3. The number of carbonyl (C=O) groups is 2. The van der Waals surface area contributed by atoms with Crippen molar-refractivity contribution in [3.05, 3.63) is 41.6 Å². The summed E-state index contributed by atoms with van der Waals surface area (Å²) in [5, 5.41) is 7.77. The van der Waals surface area contributed by atoms with Crippen molar-refractivity contribution in [2.24, 2.45) is 5.92 Å². The maximum atomic E-state index is 12.9. The summed E-state index contributed by atoms with van der Waals surface area (Å²) in [4.78, 5) is 27.1. The van der Waals surface area contributed by atoms with Crippen LogP contribution in [0.3, 0.4) is 0 Å². The second-order valence-corrected chi connectivity index (χ2v) is 9.25. The van der Waals surface area contributed by atoms with Gasteiger partial charge in [0.15, 0.2) is 0 Å². The van der Waals surface area contributed by atoms with Gasteiger partial charge < -0.3 is 10.2 Å². The Morgan fingerprint density at radius 3 is 2.45 bits per heavy atom. The van der Waals surface area contributed by atoms with Gasteiger partial charge in [-0.15, -0.1) is 0 Å². The van der Waals surface area contributed by atoms with Crippen LogP contribution in [0.25, 0.3) is 5.69 Å². The minimum atomic E-state index is -0.206. The van der Waals surface area contributed by atoms with Crippen LogP contribution in [-0.2, 0) is 15.0 Å². The van der Waals surface area contributed by atoms with Crippen LogP contribution in [-0.4, -0.2) is 39.1 Å². The van der Waals surface area contributed by atoms with Crippen molar-refractivity contribution in [2.45, 2.75) is 65.8 Å². The number of aryl methyl sites for hydroxylation is 1. The maximum absolute atomic E-state index is 12.9. The predicted molar refractivity (Wildman–Crippen MR) is 115 cm³/mol. The molecule has 1 aliphatic rings. The molecule has 0 unspecified atom stereocenters. The molecule has 0 atom stereocenters. The van der Waals surface area contributed by atoms with Gasteiger partial charge >= 0.3 is 0 Å².